The lowest BCUT2D eigenvalue weighted by Gasteiger charge is -2.33. The van der Waals surface area contributed by atoms with Gasteiger partial charge in [0.25, 0.3) is 0 Å². The van der Waals surface area contributed by atoms with Crippen molar-refractivity contribution >= 4 is 0 Å². The van der Waals surface area contributed by atoms with Crippen LogP contribution in [0.5, 0.6) is 0 Å². The molecule has 0 amide bonds. The number of benzene rings is 1. The molecule has 3 rings (SSSR count). The topological polar surface area (TPSA) is 0 Å². The Morgan fingerprint density at radius 1 is 1.11 bits per heavy atom. The second kappa shape index (κ2) is 4.12. The fourth-order valence-electron chi connectivity index (χ4n) is 3.76. The third-order valence-electron chi connectivity index (χ3n) is 5.31. The Hall–Kier alpha value is -1.30. The smallest absolute Gasteiger partial charge is 0.00489 e. The fraction of sp³-hybridized carbons (Fsp3) is 0.444. The Bertz CT molecular complexity index is 491. The highest BCUT2D eigenvalue weighted by molar-refractivity contribution is 5.31. The average Bonchev–Trinajstić information content (AvgIpc) is 2.64. The van der Waals surface area contributed by atoms with Crippen LogP contribution in [0.1, 0.15) is 37.3 Å². The molecule has 1 aromatic rings. The summed E-state index contributed by atoms with van der Waals surface area (Å²) in [6.07, 6.45) is 10.6. The van der Waals surface area contributed by atoms with Crippen LogP contribution in [0.4, 0.5) is 0 Å². The predicted molar refractivity (Wildman–Crippen MR) is 77.6 cm³/mol. The van der Waals surface area contributed by atoms with Gasteiger partial charge in [-0.2, -0.15) is 0 Å². The van der Waals surface area contributed by atoms with Crippen molar-refractivity contribution in [3.63, 3.8) is 0 Å². The molecule has 0 heterocycles. The Morgan fingerprint density at radius 2 is 1.83 bits per heavy atom. The minimum atomic E-state index is 0.351. The van der Waals surface area contributed by atoms with Gasteiger partial charge in [0, 0.05) is 0 Å². The maximum Gasteiger partial charge on any atom is -0.00489 e. The summed E-state index contributed by atoms with van der Waals surface area (Å²) in [5.41, 5.74) is 3.22. The molecule has 1 aromatic carbocycles. The maximum atomic E-state index is 2.43. The van der Waals surface area contributed by atoms with Gasteiger partial charge in [0.1, 0.15) is 0 Å². The predicted octanol–water partition coefficient (Wildman–Crippen LogP) is 4.87. The first-order valence-electron chi connectivity index (χ1n) is 7.04. The van der Waals surface area contributed by atoms with E-state index in [1.807, 2.05) is 0 Å². The van der Waals surface area contributed by atoms with E-state index in [0.717, 1.165) is 0 Å². The molecule has 4 atom stereocenters. The molecule has 0 bridgehead atoms. The molecule has 0 spiro atoms. The highest BCUT2D eigenvalue weighted by Crippen LogP contribution is 2.57. The van der Waals surface area contributed by atoms with Crippen LogP contribution in [0, 0.1) is 24.2 Å². The minimum absolute atomic E-state index is 0.351. The number of allylic oxidation sites excluding steroid dienone is 4. The van der Waals surface area contributed by atoms with E-state index in [1.54, 1.807) is 0 Å². The molecule has 0 N–H and O–H groups in total. The molecule has 0 radical (unpaired) electrons. The fourth-order valence-corrected chi connectivity index (χ4v) is 3.76. The quantitative estimate of drug-likeness (QED) is 0.655. The molecule has 4 unspecified atom stereocenters. The highest BCUT2D eigenvalue weighted by Gasteiger charge is 2.47. The van der Waals surface area contributed by atoms with Crippen LogP contribution >= 0.6 is 0 Å². The van der Waals surface area contributed by atoms with Gasteiger partial charge >= 0.3 is 0 Å². The van der Waals surface area contributed by atoms with E-state index in [0.29, 0.717) is 23.2 Å². The van der Waals surface area contributed by atoms with Gasteiger partial charge in [-0.05, 0) is 42.1 Å². The third-order valence-corrected chi connectivity index (χ3v) is 5.31. The van der Waals surface area contributed by atoms with Crippen LogP contribution in [0.3, 0.4) is 0 Å². The van der Waals surface area contributed by atoms with Gasteiger partial charge in [-0.15, -0.1) is 0 Å². The number of aryl methyl sites for hydroxylation is 1. The minimum Gasteiger partial charge on any atom is -0.0805 e. The lowest BCUT2D eigenvalue weighted by atomic mass is 9.71. The van der Waals surface area contributed by atoms with E-state index in [2.05, 4.69) is 69.3 Å². The van der Waals surface area contributed by atoms with Crippen molar-refractivity contribution in [1.82, 2.24) is 0 Å². The van der Waals surface area contributed by atoms with E-state index >= 15 is 0 Å². The Balaban J connectivity index is 1.94. The molecule has 0 saturated heterocycles. The van der Waals surface area contributed by atoms with Gasteiger partial charge in [-0.25, -0.2) is 0 Å². The van der Waals surface area contributed by atoms with Gasteiger partial charge in [0.05, 0.1) is 0 Å². The second-order valence-electron chi connectivity index (χ2n) is 6.26. The molecule has 0 aliphatic heterocycles. The molecule has 2 aliphatic carbocycles. The first kappa shape index (κ1) is 11.8. The summed E-state index contributed by atoms with van der Waals surface area (Å²) in [5.74, 6) is 2.13. The largest absolute Gasteiger partial charge is 0.0805 e. The average molecular weight is 238 g/mol. The Morgan fingerprint density at radius 3 is 2.50 bits per heavy atom. The van der Waals surface area contributed by atoms with Crippen molar-refractivity contribution in [2.24, 2.45) is 17.3 Å². The molecule has 1 saturated carbocycles. The second-order valence-corrected chi connectivity index (χ2v) is 6.26. The molecule has 1 fully saturated rings. The van der Waals surface area contributed by atoms with Crippen LogP contribution < -0.4 is 0 Å². The van der Waals surface area contributed by atoms with Crippen molar-refractivity contribution in [3.8, 4) is 0 Å². The highest BCUT2D eigenvalue weighted by atomic mass is 14.5. The lowest BCUT2D eigenvalue weighted by molar-refractivity contribution is 0.268. The zero-order valence-electron chi connectivity index (χ0n) is 11.6. The zero-order valence-corrected chi connectivity index (χ0v) is 11.6. The summed E-state index contributed by atoms with van der Waals surface area (Å²) in [7, 11) is 0. The zero-order chi connectivity index (χ0) is 12.8. The molecule has 18 heavy (non-hydrogen) atoms. The first-order valence-corrected chi connectivity index (χ1v) is 7.04. The molecule has 0 aromatic heterocycles. The summed E-state index contributed by atoms with van der Waals surface area (Å²) in [6.45, 7) is 7.01. The van der Waals surface area contributed by atoms with Crippen molar-refractivity contribution in [2.45, 2.75) is 33.1 Å². The summed E-state index contributed by atoms with van der Waals surface area (Å²) >= 11 is 0. The summed E-state index contributed by atoms with van der Waals surface area (Å²) < 4.78 is 0. The van der Waals surface area contributed by atoms with E-state index in [-0.39, 0.29) is 0 Å². The first-order chi connectivity index (χ1) is 8.61. The van der Waals surface area contributed by atoms with Crippen molar-refractivity contribution in [1.29, 1.82) is 0 Å². The normalized spacial score (nSPS) is 37.8. The van der Waals surface area contributed by atoms with E-state index < -0.39 is 0 Å². The summed E-state index contributed by atoms with van der Waals surface area (Å²) in [5, 5.41) is 0. The van der Waals surface area contributed by atoms with Gasteiger partial charge in [-0.3, -0.25) is 0 Å². The van der Waals surface area contributed by atoms with Crippen molar-refractivity contribution in [2.75, 3.05) is 0 Å². The van der Waals surface area contributed by atoms with Gasteiger partial charge in [0.15, 0.2) is 0 Å². The molecule has 0 heteroatoms. The van der Waals surface area contributed by atoms with Crippen molar-refractivity contribution in [3.05, 3.63) is 59.7 Å². The molecule has 94 valence electrons. The summed E-state index contributed by atoms with van der Waals surface area (Å²) in [6, 6.07) is 9.14. The van der Waals surface area contributed by atoms with E-state index in [1.165, 1.54) is 17.5 Å². The maximum absolute atomic E-state index is 2.43. The van der Waals surface area contributed by atoms with Crippen molar-refractivity contribution < 1.29 is 0 Å². The van der Waals surface area contributed by atoms with Crippen LogP contribution in [0.2, 0.25) is 0 Å². The van der Waals surface area contributed by atoms with Crippen LogP contribution in [-0.2, 0) is 0 Å². The molecule has 2 aliphatic rings. The van der Waals surface area contributed by atoms with Gasteiger partial charge < -0.3 is 0 Å². The number of rotatable bonds is 1. The SMILES string of the molecule is Cc1ccc(C2CC3C=CC=CC3(C)C2C)cc1. The van der Waals surface area contributed by atoms with Gasteiger partial charge in [-0.1, -0.05) is 68.0 Å². The monoisotopic (exact) mass is 238 g/mol. The number of fused-ring (bicyclic) bond motifs is 1. The van der Waals surface area contributed by atoms with E-state index in [4.69, 9.17) is 0 Å². The number of hydrogen-bond acceptors (Lipinski definition) is 0. The molecule has 0 nitrogen and oxygen atoms in total. The Labute approximate surface area is 110 Å². The van der Waals surface area contributed by atoms with Crippen LogP contribution in [0.25, 0.3) is 0 Å². The Kier molecular flexibility index (Phi) is 2.69. The van der Waals surface area contributed by atoms with Crippen LogP contribution in [0.15, 0.2) is 48.6 Å². The molecular weight excluding hydrogens is 216 g/mol. The number of hydrogen-bond donors (Lipinski definition) is 0. The summed E-state index contributed by atoms with van der Waals surface area (Å²) in [4.78, 5) is 0. The third kappa shape index (κ3) is 1.67. The van der Waals surface area contributed by atoms with Gasteiger partial charge in [0.2, 0.25) is 0 Å². The van der Waals surface area contributed by atoms with Crippen LogP contribution in [-0.4, -0.2) is 0 Å². The standard InChI is InChI=1S/C18H22/c1-13-7-9-15(10-8-13)17-12-16-6-4-5-11-18(16,3)14(17)2/h4-11,14,16-17H,12H2,1-3H3. The van der Waals surface area contributed by atoms with E-state index in [9.17, 15) is 0 Å². The lowest BCUT2D eigenvalue weighted by Crippen LogP contribution is -2.26. The molecular formula is C18H22.